The SMILES string of the molecule is CCCN(NO)C(C)C. The molecule has 0 rings (SSSR count). The van der Waals surface area contributed by atoms with Crippen molar-refractivity contribution in [1.29, 1.82) is 0 Å². The summed E-state index contributed by atoms with van der Waals surface area (Å²) in [6.07, 6.45) is 1.05. The van der Waals surface area contributed by atoms with Gasteiger partial charge in [-0.2, -0.15) is 0 Å². The summed E-state index contributed by atoms with van der Waals surface area (Å²) >= 11 is 0. The van der Waals surface area contributed by atoms with Crippen LogP contribution in [0.25, 0.3) is 0 Å². The highest BCUT2D eigenvalue weighted by molar-refractivity contribution is 4.52. The van der Waals surface area contributed by atoms with Crippen LogP contribution in [0.1, 0.15) is 27.2 Å². The number of rotatable bonds is 4. The van der Waals surface area contributed by atoms with Crippen LogP contribution in [-0.2, 0) is 0 Å². The van der Waals surface area contributed by atoms with Gasteiger partial charge < -0.3 is 5.21 Å². The Morgan fingerprint density at radius 2 is 2.11 bits per heavy atom. The van der Waals surface area contributed by atoms with E-state index < -0.39 is 0 Å². The molecule has 0 spiro atoms. The highest BCUT2D eigenvalue weighted by Crippen LogP contribution is 1.92. The van der Waals surface area contributed by atoms with Crippen LogP contribution in [0.3, 0.4) is 0 Å². The minimum atomic E-state index is 0.356. The van der Waals surface area contributed by atoms with Crippen LogP contribution in [0.2, 0.25) is 0 Å². The van der Waals surface area contributed by atoms with E-state index in [9.17, 15) is 0 Å². The summed E-state index contributed by atoms with van der Waals surface area (Å²) in [6, 6.07) is 0.356. The maximum Gasteiger partial charge on any atom is 0.0208 e. The minimum absolute atomic E-state index is 0.356. The quantitative estimate of drug-likeness (QED) is 0.560. The van der Waals surface area contributed by atoms with Crippen molar-refractivity contribution < 1.29 is 5.21 Å². The van der Waals surface area contributed by atoms with Gasteiger partial charge in [-0.05, 0) is 20.3 Å². The van der Waals surface area contributed by atoms with Gasteiger partial charge in [0.05, 0.1) is 0 Å². The van der Waals surface area contributed by atoms with Crippen molar-refractivity contribution >= 4 is 0 Å². The Balaban J connectivity index is 3.41. The molecule has 0 heterocycles. The second-order valence-electron chi connectivity index (χ2n) is 2.39. The molecule has 0 aliphatic carbocycles. The molecule has 2 N–H and O–H groups in total. The van der Waals surface area contributed by atoms with Gasteiger partial charge in [0.1, 0.15) is 0 Å². The lowest BCUT2D eigenvalue weighted by Gasteiger charge is -2.22. The zero-order chi connectivity index (χ0) is 7.28. The van der Waals surface area contributed by atoms with Crippen molar-refractivity contribution in [3.63, 3.8) is 0 Å². The van der Waals surface area contributed by atoms with Crippen molar-refractivity contribution in [3.8, 4) is 0 Å². The summed E-state index contributed by atoms with van der Waals surface area (Å²) in [7, 11) is 0. The molecule has 0 amide bonds. The zero-order valence-electron chi connectivity index (χ0n) is 6.39. The Labute approximate surface area is 56.6 Å². The highest BCUT2D eigenvalue weighted by atomic mass is 16.5. The summed E-state index contributed by atoms with van der Waals surface area (Å²) < 4.78 is 0. The third kappa shape index (κ3) is 3.46. The second kappa shape index (κ2) is 4.73. The van der Waals surface area contributed by atoms with E-state index in [2.05, 4.69) is 12.5 Å². The van der Waals surface area contributed by atoms with E-state index in [1.54, 1.807) is 5.01 Å². The smallest absolute Gasteiger partial charge is 0.0208 e. The third-order valence-corrected chi connectivity index (χ3v) is 1.22. The van der Waals surface area contributed by atoms with Gasteiger partial charge in [0, 0.05) is 12.6 Å². The van der Waals surface area contributed by atoms with Crippen LogP contribution in [0.15, 0.2) is 0 Å². The predicted octanol–water partition coefficient (Wildman–Crippen LogP) is 1.00. The summed E-state index contributed by atoms with van der Waals surface area (Å²) in [5, 5.41) is 10.3. The van der Waals surface area contributed by atoms with Crippen LogP contribution in [0.4, 0.5) is 0 Å². The molecule has 0 aliphatic rings. The molecule has 0 bridgehead atoms. The number of hydrogen-bond donors (Lipinski definition) is 2. The van der Waals surface area contributed by atoms with Crippen molar-refractivity contribution in [1.82, 2.24) is 10.6 Å². The van der Waals surface area contributed by atoms with E-state index in [0.29, 0.717) is 6.04 Å². The summed E-state index contributed by atoms with van der Waals surface area (Å²) in [5.41, 5.74) is 2.14. The molecule has 0 fully saturated rings. The molecule has 0 saturated carbocycles. The fourth-order valence-electron chi connectivity index (χ4n) is 0.665. The highest BCUT2D eigenvalue weighted by Gasteiger charge is 2.03. The first-order valence-corrected chi connectivity index (χ1v) is 3.38. The molecule has 0 aliphatic heterocycles. The normalized spacial score (nSPS) is 11.3. The molecular weight excluding hydrogens is 116 g/mol. The molecule has 0 aromatic heterocycles. The van der Waals surface area contributed by atoms with Crippen LogP contribution < -0.4 is 5.59 Å². The molecule has 0 unspecified atom stereocenters. The zero-order valence-corrected chi connectivity index (χ0v) is 6.39. The van der Waals surface area contributed by atoms with E-state index in [1.165, 1.54) is 0 Å². The summed E-state index contributed by atoms with van der Waals surface area (Å²) in [4.78, 5) is 0. The topological polar surface area (TPSA) is 35.5 Å². The summed E-state index contributed by atoms with van der Waals surface area (Å²) in [5.74, 6) is 0. The molecule has 0 saturated heterocycles. The van der Waals surface area contributed by atoms with Gasteiger partial charge in [-0.1, -0.05) is 6.92 Å². The van der Waals surface area contributed by atoms with Crippen LogP contribution in [0, 0.1) is 0 Å². The standard InChI is InChI=1S/C6H16N2O/c1-4-5-8(7-9)6(2)3/h6-7,9H,4-5H2,1-3H3. The Hall–Kier alpha value is -0.120. The first kappa shape index (κ1) is 8.88. The molecule has 0 aromatic rings. The van der Waals surface area contributed by atoms with Gasteiger partial charge in [-0.25, -0.2) is 5.01 Å². The maximum atomic E-state index is 8.50. The fourth-order valence-corrected chi connectivity index (χ4v) is 0.665. The van der Waals surface area contributed by atoms with Crippen molar-refractivity contribution in [2.24, 2.45) is 0 Å². The first-order chi connectivity index (χ1) is 4.22. The van der Waals surface area contributed by atoms with E-state index in [1.807, 2.05) is 13.8 Å². The van der Waals surface area contributed by atoms with Gasteiger partial charge >= 0.3 is 0 Å². The Morgan fingerprint density at radius 1 is 1.56 bits per heavy atom. The lowest BCUT2D eigenvalue weighted by atomic mass is 10.3. The Morgan fingerprint density at radius 3 is 2.22 bits per heavy atom. The van der Waals surface area contributed by atoms with E-state index >= 15 is 0 Å². The average Bonchev–Trinajstić information content (AvgIpc) is 1.82. The van der Waals surface area contributed by atoms with Crippen molar-refractivity contribution in [3.05, 3.63) is 0 Å². The van der Waals surface area contributed by atoms with Crippen molar-refractivity contribution in [2.45, 2.75) is 33.2 Å². The Kier molecular flexibility index (Phi) is 4.67. The summed E-state index contributed by atoms with van der Waals surface area (Å²) in [6.45, 7) is 7.01. The fraction of sp³-hybridized carbons (Fsp3) is 1.00. The first-order valence-electron chi connectivity index (χ1n) is 3.38. The molecule has 3 nitrogen and oxygen atoms in total. The van der Waals surface area contributed by atoms with Crippen molar-refractivity contribution in [2.75, 3.05) is 6.54 Å². The predicted molar refractivity (Wildman–Crippen MR) is 37.1 cm³/mol. The van der Waals surface area contributed by atoms with Gasteiger partial charge in [0.2, 0.25) is 0 Å². The molecule has 0 atom stereocenters. The second-order valence-corrected chi connectivity index (χ2v) is 2.39. The van der Waals surface area contributed by atoms with Crippen LogP contribution in [0.5, 0.6) is 0 Å². The molecule has 56 valence electrons. The van der Waals surface area contributed by atoms with E-state index in [0.717, 1.165) is 13.0 Å². The van der Waals surface area contributed by atoms with Gasteiger partial charge in [-0.15, -0.1) is 5.59 Å². The monoisotopic (exact) mass is 132 g/mol. The van der Waals surface area contributed by atoms with Gasteiger partial charge in [0.15, 0.2) is 0 Å². The van der Waals surface area contributed by atoms with Gasteiger partial charge in [0.25, 0.3) is 0 Å². The minimum Gasteiger partial charge on any atom is -0.302 e. The Bertz CT molecular complexity index is 66.1. The number of hydrazine groups is 1. The van der Waals surface area contributed by atoms with Gasteiger partial charge in [-0.3, -0.25) is 0 Å². The number of hydrogen-bond acceptors (Lipinski definition) is 3. The maximum absolute atomic E-state index is 8.50. The van der Waals surface area contributed by atoms with E-state index in [4.69, 9.17) is 5.21 Å². The van der Waals surface area contributed by atoms with Crippen LogP contribution in [-0.4, -0.2) is 22.8 Å². The number of nitrogens with zero attached hydrogens (tertiary/aromatic N) is 1. The lowest BCUT2D eigenvalue weighted by molar-refractivity contribution is -0.0397. The molecular formula is C6H16N2O. The third-order valence-electron chi connectivity index (χ3n) is 1.22. The average molecular weight is 132 g/mol. The number of nitrogens with one attached hydrogen (secondary N) is 1. The molecule has 0 radical (unpaired) electrons. The molecule has 0 aromatic carbocycles. The van der Waals surface area contributed by atoms with E-state index in [-0.39, 0.29) is 0 Å². The molecule has 3 heteroatoms. The van der Waals surface area contributed by atoms with Crippen LogP contribution >= 0.6 is 0 Å². The largest absolute Gasteiger partial charge is 0.302 e. The lowest BCUT2D eigenvalue weighted by Crippen LogP contribution is -2.41. The molecule has 9 heavy (non-hydrogen) atoms.